The van der Waals surface area contributed by atoms with Gasteiger partial charge in [-0.05, 0) is 24.7 Å². The van der Waals surface area contributed by atoms with E-state index in [0.717, 1.165) is 18.9 Å². The quantitative estimate of drug-likeness (QED) is 0.504. The summed E-state index contributed by atoms with van der Waals surface area (Å²) in [7, 11) is 1.76. The van der Waals surface area contributed by atoms with Gasteiger partial charge in [-0.25, -0.2) is 0 Å². The molecule has 15 heavy (non-hydrogen) atoms. The minimum atomic E-state index is 0.461. The maximum absolute atomic E-state index is 5.63. The number of hydrazine groups is 1. The van der Waals surface area contributed by atoms with Crippen molar-refractivity contribution in [1.29, 1.82) is 0 Å². The van der Waals surface area contributed by atoms with Crippen LogP contribution in [0.1, 0.15) is 45.4 Å². The Morgan fingerprint density at radius 2 is 2.07 bits per heavy atom. The zero-order valence-electron chi connectivity index (χ0n) is 10.2. The van der Waals surface area contributed by atoms with Crippen LogP contribution in [0.15, 0.2) is 0 Å². The molecule has 3 N–H and O–H groups in total. The summed E-state index contributed by atoms with van der Waals surface area (Å²) in [5.41, 5.74) is 2.98. The molecule has 0 aliphatic heterocycles. The first-order valence-electron chi connectivity index (χ1n) is 6.23. The SMILES string of the molecule is COCCC(C)C(CC1CCCC1)NN. The monoisotopic (exact) mass is 214 g/mol. The smallest absolute Gasteiger partial charge is 0.0465 e. The van der Waals surface area contributed by atoms with Gasteiger partial charge in [0, 0.05) is 19.8 Å². The van der Waals surface area contributed by atoms with Crippen molar-refractivity contribution in [2.24, 2.45) is 17.7 Å². The largest absolute Gasteiger partial charge is 0.385 e. The van der Waals surface area contributed by atoms with Crippen LogP contribution < -0.4 is 11.3 Å². The summed E-state index contributed by atoms with van der Waals surface area (Å²) in [4.78, 5) is 0. The Bertz CT molecular complexity index is 158. The van der Waals surface area contributed by atoms with Crippen LogP contribution in [0.2, 0.25) is 0 Å². The molecule has 0 radical (unpaired) electrons. The van der Waals surface area contributed by atoms with E-state index >= 15 is 0 Å². The summed E-state index contributed by atoms with van der Waals surface area (Å²) < 4.78 is 5.11. The van der Waals surface area contributed by atoms with Gasteiger partial charge < -0.3 is 4.74 Å². The van der Waals surface area contributed by atoms with Crippen molar-refractivity contribution in [3.05, 3.63) is 0 Å². The van der Waals surface area contributed by atoms with Gasteiger partial charge in [-0.2, -0.15) is 0 Å². The van der Waals surface area contributed by atoms with Crippen molar-refractivity contribution in [3.63, 3.8) is 0 Å². The number of rotatable bonds is 7. The molecule has 0 spiro atoms. The van der Waals surface area contributed by atoms with E-state index in [0.29, 0.717) is 12.0 Å². The summed E-state index contributed by atoms with van der Waals surface area (Å²) in [5, 5.41) is 0. The Labute approximate surface area is 93.7 Å². The van der Waals surface area contributed by atoms with Gasteiger partial charge >= 0.3 is 0 Å². The fourth-order valence-electron chi connectivity index (χ4n) is 2.57. The average Bonchev–Trinajstić information content (AvgIpc) is 2.75. The number of ether oxygens (including phenoxy) is 1. The third-order valence-corrected chi connectivity index (χ3v) is 3.74. The molecule has 0 heterocycles. The summed E-state index contributed by atoms with van der Waals surface area (Å²) >= 11 is 0. The van der Waals surface area contributed by atoms with E-state index in [9.17, 15) is 0 Å². The Morgan fingerprint density at radius 3 is 2.60 bits per heavy atom. The first-order valence-corrected chi connectivity index (χ1v) is 6.23. The lowest BCUT2D eigenvalue weighted by atomic mass is 9.89. The van der Waals surface area contributed by atoms with Crippen molar-refractivity contribution in [1.82, 2.24) is 5.43 Å². The lowest BCUT2D eigenvalue weighted by Crippen LogP contribution is -2.41. The molecule has 1 saturated carbocycles. The zero-order valence-corrected chi connectivity index (χ0v) is 10.2. The van der Waals surface area contributed by atoms with E-state index in [1.165, 1.54) is 32.1 Å². The minimum absolute atomic E-state index is 0.461. The predicted octanol–water partition coefficient (Wildman–Crippen LogP) is 2.07. The highest BCUT2D eigenvalue weighted by molar-refractivity contribution is 4.77. The molecule has 3 nitrogen and oxygen atoms in total. The highest BCUT2D eigenvalue weighted by atomic mass is 16.5. The van der Waals surface area contributed by atoms with Crippen molar-refractivity contribution >= 4 is 0 Å². The molecule has 0 bridgehead atoms. The molecule has 90 valence electrons. The Balaban J connectivity index is 2.26. The zero-order chi connectivity index (χ0) is 11.1. The Hall–Kier alpha value is -0.120. The first kappa shape index (κ1) is 12.9. The number of nitrogens with two attached hydrogens (primary N) is 1. The van der Waals surface area contributed by atoms with Crippen LogP contribution in [0.4, 0.5) is 0 Å². The van der Waals surface area contributed by atoms with Crippen molar-refractivity contribution in [2.45, 2.75) is 51.5 Å². The Kier molecular flexibility index (Phi) is 6.22. The molecule has 1 fully saturated rings. The first-order chi connectivity index (χ1) is 7.27. The maximum atomic E-state index is 5.63. The molecule has 0 aromatic carbocycles. The molecule has 1 aliphatic rings. The molecule has 0 saturated heterocycles. The second-order valence-corrected chi connectivity index (χ2v) is 4.92. The molecular formula is C12H26N2O. The van der Waals surface area contributed by atoms with Gasteiger partial charge in [-0.3, -0.25) is 11.3 Å². The predicted molar refractivity (Wildman–Crippen MR) is 63.3 cm³/mol. The molecule has 0 aromatic heterocycles. The van der Waals surface area contributed by atoms with Crippen molar-refractivity contribution in [2.75, 3.05) is 13.7 Å². The highest BCUT2D eigenvalue weighted by Crippen LogP contribution is 2.30. The van der Waals surface area contributed by atoms with Gasteiger partial charge in [0.05, 0.1) is 0 Å². The third-order valence-electron chi connectivity index (χ3n) is 3.74. The molecular weight excluding hydrogens is 188 g/mol. The van der Waals surface area contributed by atoms with Gasteiger partial charge in [0.1, 0.15) is 0 Å². The van der Waals surface area contributed by atoms with Gasteiger partial charge in [0.25, 0.3) is 0 Å². The van der Waals surface area contributed by atoms with E-state index in [2.05, 4.69) is 12.3 Å². The van der Waals surface area contributed by atoms with Crippen LogP contribution in [-0.4, -0.2) is 19.8 Å². The number of hydrogen-bond donors (Lipinski definition) is 2. The molecule has 0 aromatic rings. The van der Waals surface area contributed by atoms with E-state index in [-0.39, 0.29) is 0 Å². The maximum Gasteiger partial charge on any atom is 0.0465 e. The normalized spacial score (nSPS) is 21.8. The number of nitrogens with one attached hydrogen (secondary N) is 1. The van der Waals surface area contributed by atoms with Gasteiger partial charge in [0.15, 0.2) is 0 Å². The summed E-state index contributed by atoms with van der Waals surface area (Å²) in [6.07, 6.45) is 7.95. The van der Waals surface area contributed by atoms with E-state index in [4.69, 9.17) is 10.6 Å². The van der Waals surface area contributed by atoms with E-state index in [1.807, 2.05) is 0 Å². The van der Waals surface area contributed by atoms with E-state index in [1.54, 1.807) is 7.11 Å². The lowest BCUT2D eigenvalue weighted by molar-refractivity contribution is 0.165. The van der Waals surface area contributed by atoms with Crippen LogP contribution in [-0.2, 0) is 4.74 Å². The van der Waals surface area contributed by atoms with Gasteiger partial charge in [-0.1, -0.05) is 32.6 Å². The van der Waals surface area contributed by atoms with Gasteiger partial charge in [0.2, 0.25) is 0 Å². The van der Waals surface area contributed by atoms with E-state index < -0.39 is 0 Å². The second kappa shape index (κ2) is 7.20. The third kappa shape index (κ3) is 4.49. The summed E-state index contributed by atoms with van der Waals surface area (Å²) in [5.74, 6) is 7.14. The summed E-state index contributed by atoms with van der Waals surface area (Å²) in [6.45, 7) is 3.10. The standard InChI is InChI=1S/C12H26N2O/c1-10(7-8-15-2)12(14-13)9-11-5-3-4-6-11/h10-12,14H,3-9,13H2,1-2H3. The highest BCUT2D eigenvalue weighted by Gasteiger charge is 2.22. The molecule has 2 atom stereocenters. The van der Waals surface area contributed by atoms with Crippen molar-refractivity contribution < 1.29 is 4.74 Å². The molecule has 0 amide bonds. The fraction of sp³-hybridized carbons (Fsp3) is 1.00. The van der Waals surface area contributed by atoms with Gasteiger partial charge in [-0.15, -0.1) is 0 Å². The van der Waals surface area contributed by atoms with Crippen LogP contribution in [0, 0.1) is 11.8 Å². The minimum Gasteiger partial charge on any atom is -0.385 e. The second-order valence-electron chi connectivity index (χ2n) is 4.92. The van der Waals surface area contributed by atoms with Crippen LogP contribution in [0.25, 0.3) is 0 Å². The molecule has 1 aliphatic carbocycles. The molecule has 2 unspecified atom stereocenters. The number of methoxy groups -OCH3 is 1. The fourth-order valence-corrected chi connectivity index (χ4v) is 2.57. The van der Waals surface area contributed by atoms with Crippen LogP contribution in [0.3, 0.4) is 0 Å². The van der Waals surface area contributed by atoms with Crippen LogP contribution in [0.5, 0.6) is 0 Å². The molecule has 3 heteroatoms. The van der Waals surface area contributed by atoms with Crippen molar-refractivity contribution in [3.8, 4) is 0 Å². The lowest BCUT2D eigenvalue weighted by Gasteiger charge is -2.25. The summed E-state index contributed by atoms with van der Waals surface area (Å²) in [6, 6.07) is 0.461. The number of hydrogen-bond acceptors (Lipinski definition) is 3. The molecule has 1 rings (SSSR count). The van der Waals surface area contributed by atoms with Crippen LogP contribution >= 0.6 is 0 Å². The average molecular weight is 214 g/mol. The topological polar surface area (TPSA) is 47.3 Å². The Morgan fingerprint density at radius 1 is 1.40 bits per heavy atom.